The number of hydrogen-bond acceptors (Lipinski definition) is 5. The van der Waals surface area contributed by atoms with Gasteiger partial charge in [-0.3, -0.25) is 9.89 Å². The van der Waals surface area contributed by atoms with Crippen LogP contribution in [0.3, 0.4) is 0 Å². The molecule has 0 spiro atoms. The second kappa shape index (κ2) is 7.48. The Labute approximate surface area is 141 Å². The van der Waals surface area contributed by atoms with Gasteiger partial charge in [-0.15, -0.1) is 0 Å². The van der Waals surface area contributed by atoms with Gasteiger partial charge in [-0.25, -0.2) is 13.1 Å². The Kier molecular flexibility index (Phi) is 5.61. The first-order valence-electron chi connectivity index (χ1n) is 7.66. The molecule has 0 aliphatic carbocycles. The van der Waals surface area contributed by atoms with Crippen molar-refractivity contribution in [2.45, 2.75) is 32.1 Å². The Balaban J connectivity index is 2.10. The van der Waals surface area contributed by atoms with Gasteiger partial charge in [-0.1, -0.05) is 13.8 Å². The average Bonchev–Trinajstić information content (AvgIpc) is 2.95. The molecule has 0 atom stereocenters. The third-order valence-electron chi connectivity index (χ3n) is 3.16. The van der Waals surface area contributed by atoms with E-state index in [-0.39, 0.29) is 10.6 Å². The summed E-state index contributed by atoms with van der Waals surface area (Å²) in [5, 5.41) is 6.61. The number of ether oxygens (including phenoxy) is 1. The van der Waals surface area contributed by atoms with Crippen molar-refractivity contribution in [1.82, 2.24) is 14.9 Å². The van der Waals surface area contributed by atoms with E-state index in [2.05, 4.69) is 10.2 Å². The van der Waals surface area contributed by atoms with E-state index < -0.39 is 15.9 Å². The van der Waals surface area contributed by atoms with Crippen molar-refractivity contribution in [3.63, 3.8) is 0 Å². The molecule has 0 saturated carbocycles. The largest absolute Gasteiger partial charge is 0.494 e. The van der Waals surface area contributed by atoms with Gasteiger partial charge in [0.2, 0.25) is 0 Å². The van der Waals surface area contributed by atoms with Crippen LogP contribution in [0.1, 0.15) is 37.0 Å². The van der Waals surface area contributed by atoms with Crippen molar-refractivity contribution >= 4 is 15.9 Å². The van der Waals surface area contributed by atoms with Crippen LogP contribution in [0.4, 0.5) is 0 Å². The zero-order chi connectivity index (χ0) is 17.7. The Morgan fingerprint density at radius 2 is 1.96 bits per heavy atom. The lowest BCUT2D eigenvalue weighted by molar-refractivity contribution is 0.0976. The van der Waals surface area contributed by atoms with Crippen molar-refractivity contribution in [2.24, 2.45) is 5.92 Å². The molecule has 0 unspecified atom stereocenters. The van der Waals surface area contributed by atoms with E-state index in [1.807, 2.05) is 25.5 Å². The molecular weight excluding hydrogens is 330 g/mol. The first-order chi connectivity index (χ1) is 11.3. The van der Waals surface area contributed by atoms with Gasteiger partial charge >= 0.3 is 0 Å². The van der Waals surface area contributed by atoms with E-state index in [0.29, 0.717) is 18.3 Å². The molecule has 0 bridgehead atoms. The molecule has 1 amide bonds. The fraction of sp³-hybridized carbons (Fsp3) is 0.375. The molecule has 2 aromatic rings. The summed E-state index contributed by atoms with van der Waals surface area (Å²) in [7, 11) is -3.96. The summed E-state index contributed by atoms with van der Waals surface area (Å²) in [6.45, 7) is 6.40. The highest BCUT2D eigenvalue weighted by molar-refractivity contribution is 7.90. The summed E-state index contributed by atoms with van der Waals surface area (Å²) in [6.07, 6.45) is 0.728. The molecule has 1 aromatic heterocycles. The molecule has 8 heteroatoms. The molecule has 1 aromatic carbocycles. The first-order valence-corrected chi connectivity index (χ1v) is 9.14. The van der Waals surface area contributed by atoms with Gasteiger partial charge in [0.15, 0.2) is 5.69 Å². The molecule has 0 radical (unpaired) electrons. The molecule has 2 N–H and O–H groups in total. The molecule has 0 fully saturated rings. The van der Waals surface area contributed by atoms with Crippen LogP contribution in [0.25, 0.3) is 0 Å². The van der Waals surface area contributed by atoms with Gasteiger partial charge < -0.3 is 4.74 Å². The number of aromatic nitrogens is 2. The van der Waals surface area contributed by atoms with Gasteiger partial charge in [-0.05, 0) is 49.6 Å². The summed E-state index contributed by atoms with van der Waals surface area (Å²) in [5.74, 6) is 0.192. The molecule has 2 rings (SSSR count). The maximum absolute atomic E-state index is 12.3. The fourth-order valence-electron chi connectivity index (χ4n) is 2.14. The topological polar surface area (TPSA) is 101 Å². The maximum Gasteiger partial charge on any atom is 0.285 e. The third kappa shape index (κ3) is 4.58. The quantitative estimate of drug-likeness (QED) is 0.796. The van der Waals surface area contributed by atoms with Crippen LogP contribution in [0.2, 0.25) is 0 Å². The van der Waals surface area contributed by atoms with Crippen LogP contribution < -0.4 is 9.46 Å². The van der Waals surface area contributed by atoms with Crippen molar-refractivity contribution in [2.75, 3.05) is 6.61 Å². The highest BCUT2D eigenvalue weighted by Gasteiger charge is 2.20. The summed E-state index contributed by atoms with van der Waals surface area (Å²) >= 11 is 0. The maximum atomic E-state index is 12.3. The number of aromatic amines is 1. The van der Waals surface area contributed by atoms with Gasteiger partial charge in [0.1, 0.15) is 5.75 Å². The Morgan fingerprint density at radius 1 is 1.29 bits per heavy atom. The summed E-state index contributed by atoms with van der Waals surface area (Å²) in [6, 6.07) is 7.41. The molecule has 0 aliphatic rings. The lowest BCUT2D eigenvalue weighted by Gasteiger charge is -2.07. The second-order valence-electron chi connectivity index (χ2n) is 5.72. The first kappa shape index (κ1) is 18.0. The van der Waals surface area contributed by atoms with Gasteiger partial charge in [0.05, 0.1) is 11.5 Å². The highest BCUT2D eigenvalue weighted by Crippen LogP contribution is 2.16. The SMILES string of the molecule is CCOc1ccc(S(=O)(=O)NC(=O)c2cc(CC(C)C)[nH]n2)cc1. The molecule has 0 aliphatic heterocycles. The fourth-order valence-corrected chi connectivity index (χ4v) is 3.10. The van der Waals surface area contributed by atoms with E-state index in [1.165, 1.54) is 24.3 Å². The number of amides is 1. The number of carbonyl (C=O) groups is 1. The second-order valence-corrected chi connectivity index (χ2v) is 7.40. The van der Waals surface area contributed by atoms with Gasteiger partial charge in [0, 0.05) is 5.69 Å². The summed E-state index contributed by atoms with van der Waals surface area (Å²) < 4.78 is 31.8. The van der Waals surface area contributed by atoms with E-state index >= 15 is 0 Å². The monoisotopic (exact) mass is 351 g/mol. The predicted molar refractivity (Wildman–Crippen MR) is 89.4 cm³/mol. The molecular formula is C16H21N3O4S. The smallest absolute Gasteiger partial charge is 0.285 e. The number of nitrogens with one attached hydrogen (secondary N) is 2. The Bertz CT molecular complexity index is 795. The number of hydrogen-bond donors (Lipinski definition) is 2. The van der Waals surface area contributed by atoms with Crippen molar-refractivity contribution in [3.05, 3.63) is 41.7 Å². The van der Waals surface area contributed by atoms with E-state index in [9.17, 15) is 13.2 Å². The number of H-pyrrole nitrogens is 1. The normalized spacial score (nSPS) is 11.5. The standard InChI is InChI=1S/C16H21N3O4S/c1-4-23-13-5-7-14(8-6-13)24(21,22)19-16(20)15-10-12(17-18-15)9-11(2)3/h5-8,10-11H,4,9H2,1-3H3,(H,17,18)(H,19,20). The van der Waals surface area contributed by atoms with Crippen LogP contribution in [-0.4, -0.2) is 31.1 Å². The van der Waals surface area contributed by atoms with Crippen LogP contribution in [0, 0.1) is 5.92 Å². The Morgan fingerprint density at radius 3 is 2.54 bits per heavy atom. The summed E-state index contributed by atoms with van der Waals surface area (Å²) in [5.41, 5.74) is 0.828. The molecule has 130 valence electrons. The molecule has 7 nitrogen and oxygen atoms in total. The zero-order valence-corrected chi connectivity index (χ0v) is 14.7. The highest BCUT2D eigenvalue weighted by atomic mass is 32.2. The minimum absolute atomic E-state index is 0.0164. The average molecular weight is 351 g/mol. The number of carbonyl (C=O) groups excluding carboxylic acids is 1. The van der Waals surface area contributed by atoms with Crippen molar-refractivity contribution < 1.29 is 17.9 Å². The van der Waals surface area contributed by atoms with Crippen molar-refractivity contribution in [3.8, 4) is 5.75 Å². The van der Waals surface area contributed by atoms with Gasteiger partial charge in [0.25, 0.3) is 15.9 Å². The lowest BCUT2D eigenvalue weighted by Crippen LogP contribution is -2.30. The molecule has 1 heterocycles. The van der Waals surface area contributed by atoms with Gasteiger partial charge in [-0.2, -0.15) is 5.10 Å². The van der Waals surface area contributed by atoms with E-state index in [1.54, 1.807) is 6.07 Å². The van der Waals surface area contributed by atoms with Crippen LogP contribution in [-0.2, 0) is 16.4 Å². The van der Waals surface area contributed by atoms with Crippen LogP contribution >= 0.6 is 0 Å². The lowest BCUT2D eigenvalue weighted by atomic mass is 10.1. The number of benzene rings is 1. The number of nitrogens with zero attached hydrogens (tertiary/aromatic N) is 1. The summed E-state index contributed by atoms with van der Waals surface area (Å²) in [4.78, 5) is 12.1. The van der Waals surface area contributed by atoms with E-state index in [4.69, 9.17) is 4.74 Å². The number of rotatable bonds is 7. The molecule has 24 heavy (non-hydrogen) atoms. The van der Waals surface area contributed by atoms with Crippen LogP contribution in [0.15, 0.2) is 35.2 Å². The number of sulfonamides is 1. The van der Waals surface area contributed by atoms with Crippen LogP contribution in [0.5, 0.6) is 5.75 Å². The third-order valence-corrected chi connectivity index (χ3v) is 4.51. The molecule has 0 saturated heterocycles. The Hall–Kier alpha value is -2.35. The predicted octanol–water partition coefficient (Wildman–Crippen LogP) is 2.13. The van der Waals surface area contributed by atoms with E-state index in [0.717, 1.165) is 12.1 Å². The minimum atomic E-state index is -3.96. The minimum Gasteiger partial charge on any atom is -0.494 e. The van der Waals surface area contributed by atoms with Crippen molar-refractivity contribution in [1.29, 1.82) is 0 Å². The zero-order valence-electron chi connectivity index (χ0n) is 13.9.